The number of nitrogens with zero attached hydrogens (tertiary/aromatic N) is 3. The van der Waals surface area contributed by atoms with Gasteiger partial charge < -0.3 is 0 Å². The SMILES string of the molecule is N#Cc1ccc(N=Nc2ccc(F)cc2)cc1. The van der Waals surface area contributed by atoms with E-state index < -0.39 is 0 Å². The van der Waals surface area contributed by atoms with Crippen LogP contribution >= 0.6 is 0 Å². The minimum Gasteiger partial charge on any atom is -0.207 e. The van der Waals surface area contributed by atoms with Gasteiger partial charge >= 0.3 is 0 Å². The largest absolute Gasteiger partial charge is 0.207 e. The van der Waals surface area contributed by atoms with Crippen molar-refractivity contribution >= 4 is 11.4 Å². The minimum absolute atomic E-state index is 0.303. The van der Waals surface area contributed by atoms with E-state index in [9.17, 15) is 4.39 Å². The predicted octanol–water partition coefficient (Wildman–Crippen LogP) is 4.11. The first-order valence-corrected chi connectivity index (χ1v) is 4.95. The number of hydrogen-bond acceptors (Lipinski definition) is 3. The van der Waals surface area contributed by atoms with Gasteiger partial charge in [-0.05, 0) is 48.5 Å². The molecule has 0 aliphatic rings. The molecule has 2 aromatic carbocycles. The molecule has 0 fully saturated rings. The lowest BCUT2D eigenvalue weighted by Gasteiger charge is -1.93. The molecule has 2 rings (SSSR count). The zero-order valence-corrected chi connectivity index (χ0v) is 8.84. The zero-order chi connectivity index (χ0) is 12.1. The van der Waals surface area contributed by atoms with Crippen LogP contribution in [-0.4, -0.2) is 0 Å². The Morgan fingerprint density at radius 1 is 0.824 bits per heavy atom. The Morgan fingerprint density at radius 3 is 1.76 bits per heavy atom. The van der Waals surface area contributed by atoms with Crippen molar-refractivity contribution in [3.63, 3.8) is 0 Å². The van der Waals surface area contributed by atoms with Gasteiger partial charge in [0.15, 0.2) is 0 Å². The predicted molar refractivity (Wildman–Crippen MR) is 61.7 cm³/mol. The molecule has 0 N–H and O–H groups in total. The summed E-state index contributed by atoms with van der Waals surface area (Å²) in [4.78, 5) is 0. The van der Waals surface area contributed by atoms with Crippen LogP contribution in [0.2, 0.25) is 0 Å². The average molecular weight is 225 g/mol. The summed E-state index contributed by atoms with van der Waals surface area (Å²) >= 11 is 0. The average Bonchev–Trinajstić information content (AvgIpc) is 2.39. The molecule has 0 unspecified atom stereocenters. The molecule has 0 radical (unpaired) electrons. The zero-order valence-electron chi connectivity index (χ0n) is 8.84. The molecule has 0 aromatic heterocycles. The van der Waals surface area contributed by atoms with Gasteiger partial charge in [0.05, 0.1) is 23.0 Å². The maximum absolute atomic E-state index is 12.6. The molecule has 3 nitrogen and oxygen atoms in total. The molecule has 0 aliphatic heterocycles. The van der Waals surface area contributed by atoms with Crippen molar-refractivity contribution in [3.8, 4) is 6.07 Å². The summed E-state index contributed by atoms with van der Waals surface area (Å²) in [7, 11) is 0. The van der Waals surface area contributed by atoms with Crippen molar-refractivity contribution in [2.75, 3.05) is 0 Å². The second-order valence-electron chi connectivity index (χ2n) is 3.34. The molecule has 0 atom stereocenters. The van der Waals surface area contributed by atoms with Gasteiger partial charge in [-0.25, -0.2) is 4.39 Å². The fourth-order valence-electron chi connectivity index (χ4n) is 1.23. The Bertz CT molecular complexity index is 565. The molecular weight excluding hydrogens is 217 g/mol. The Kier molecular flexibility index (Phi) is 3.22. The van der Waals surface area contributed by atoms with Gasteiger partial charge in [0.25, 0.3) is 0 Å². The van der Waals surface area contributed by atoms with E-state index in [0.29, 0.717) is 16.9 Å². The van der Waals surface area contributed by atoms with E-state index in [-0.39, 0.29) is 5.82 Å². The van der Waals surface area contributed by atoms with Gasteiger partial charge in [-0.2, -0.15) is 15.5 Å². The van der Waals surface area contributed by atoms with Gasteiger partial charge in [-0.15, -0.1) is 0 Å². The lowest BCUT2D eigenvalue weighted by Crippen LogP contribution is -1.71. The van der Waals surface area contributed by atoms with Gasteiger partial charge in [-0.1, -0.05) is 0 Å². The van der Waals surface area contributed by atoms with Crippen molar-refractivity contribution in [1.82, 2.24) is 0 Å². The molecule has 0 saturated heterocycles. The fourth-order valence-corrected chi connectivity index (χ4v) is 1.23. The number of halogens is 1. The molecule has 17 heavy (non-hydrogen) atoms. The van der Waals surface area contributed by atoms with Crippen LogP contribution in [0.5, 0.6) is 0 Å². The summed E-state index contributed by atoms with van der Waals surface area (Å²) < 4.78 is 12.6. The molecule has 0 amide bonds. The Hall–Kier alpha value is -2.54. The summed E-state index contributed by atoms with van der Waals surface area (Å²) in [5.41, 5.74) is 1.80. The van der Waals surface area contributed by atoms with Gasteiger partial charge in [0, 0.05) is 0 Å². The molecule has 0 saturated carbocycles. The van der Waals surface area contributed by atoms with Crippen LogP contribution < -0.4 is 0 Å². The Balaban J connectivity index is 2.14. The molecule has 2 aromatic rings. The standard InChI is InChI=1S/C13H8FN3/c14-11-3-7-13(8-4-11)17-16-12-5-1-10(9-15)2-6-12/h1-8H. The lowest BCUT2D eigenvalue weighted by atomic mass is 10.2. The van der Waals surface area contributed by atoms with E-state index in [4.69, 9.17) is 5.26 Å². The van der Waals surface area contributed by atoms with Crippen LogP contribution in [0.1, 0.15) is 5.56 Å². The monoisotopic (exact) mass is 225 g/mol. The third kappa shape index (κ3) is 2.95. The third-order valence-corrected chi connectivity index (χ3v) is 2.10. The van der Waals surface area contributed by atoms with Crippen LogP contribution in [0.25, 0.3) is 0 Å². The molecule has 0 spiro atoms. The first-order chi connectivity index (χ1) is 8.28. The van der Waals surface area contributed by atoms with Crippen LogP contribution in [0.3, 0.4) is 0 Å². The summed E-state index contributed by atoms with van der Waals surface area (Å²) in [6.07, 6.45) is 0. The van der Waals surface area contributed by atoms with Gasteiger partial charge in [0.1, 0.15) is 5.82 Å². The van der Waals surface area contributed by atoms with Crippen LogP contribution in [0.4, 0.5) is 15.8 Å². The van der Waals surface area contributed by atoms with Crippen LogP contribution in [-0.2, 0) is 0 Å². The number of benzene rings is 2. The summed E-state index contributed by atoms with van der Waals surface area (Å²) in [5.74, 6) is -0.303. The maximum Gasteiger partial charge on any atom is 0.123 e. The van der Waals surface area contributed by atoms with Crippen molar-refractivity contribution in [3.05, 3.63) is 59.9 Å². The van der Waals surface area contributed by atoms with Crippen LogP contribution in [0.15, 0.2) is 58.8 Å². The van der Waals surface area contributed by atoms with Crippen molar-refractivity contribution in [2.24, 2.45) is 10.2 Å². The highest BCUT2D eigenvalue weighted by atomic mass is 19.1. The van der Waals surface area contributed by atoms with E-state index in [1.165, 1.54) is 12.1 Å². The van der Waals surface area contributed by atoms with E-state index in [0.717, 1.165) is 0 Å². The summed E-state index contributed by atoms with van der Waals surface area (Å²) in [6, 6.07) is 14.5. The second-order valence-corrected chi connectivity index (χ2v) is 3.34. The maximum atomic E-state index is 12.6. The molecule has 0 bridgehead atoms. The molecule has 82 valence electrons. The number of nitriles is 1. The topological polar surface area (TPSA) is 48.5 Å². The van der Waals surface area contributed by atoms with E-state index in [2.05, 4.69) is 10.2 Å². The highest BCUT2D eigenvalue weighted by Gasteiger charge is 1.93. The second kappa shape index (κ2) is 4.99. The lowest BCUT2D eigenvalue weighted by molar-refractivity contribution is 0.628. The Labute approximate surface area is 97.9 Å². The minimum atomic E-state index is -0.303. The normalized spacial score (nSPS) is 10.4. The van der Waals surface area contributed by atoms with Gasteiger partial charge in [-0.3, -0.25) is 0 Å². The quantitative estimate of drug-likeness (QED) is 0.709. The molecule has 4 heteroatoms. The van der Waals surface area contributed by atoms with Crippen molar-refractivity contribution < 1.29 is 4.39 Å². The molecular formula is C13H8FN3. The van der Waals surface area contributed by atoms with Crippen LogP contribution in [0, 0.1) is 17.1 Å². The van der Waals surface area contributed by atoms with E-state index >= 15 is 0 Å². The van der Waals surface area contributed by atoms with Crippen molar-refractivity contribution in [1.29, 1.82) is 5.26 Å². The first-order valence-electron chi connectivity index (χ1n) is 4.95. The summed E-state index contributed by atoms with van der Waals surface area (Å²) in [6.45, 7) is 0. The van der Waals surface area contributed by atoms with Gasteiger partial charge in [0.2, 0.25) is 0 Å². The third-order valence-electron chi connectivity index (χ3n) is 2.10. The van der Waals surface area contributed by atoms with E-state index in [1.54, 1.807) is 36.4 Å². The number of rotatable bonds is 2. The first kappa shape index (κ1) is 11.0. The molecule has 0 aliphatic carbocycles. The number of hydrogen-bond donors (Lipinski definition) is 0. The van der Waals surface area contributed by atoms with E-state index in [1.807, 2.05) is 6.07 Å². The van der Waals surface area contributed by atoms with Crippen molar-refractivity contribution in [2.45, 2.75) is 0 Å². The highest BCUT2D eigenvalue weighted by Crippen LogP contribution is 2.18. The smallest absolute Gasteiger partial charge is 0.123 e. The Morgan fingerprint density at radius 2 is 1.29 bits per heavy atom. The fraction of sp³-hybridized carbons (Fsp3) is 0. The summed E-state index contributed by atoms with van der Waals surface area (Å²) in [5, 5.41) is 16.5. The number of azo groups is 1. The highest BCUT2D eigenvalue weighted by molar-refractivity contribution is 5.43. The molecule has 0 heterocycles.